The van der Waals surface area contributed by atoms with Crippen LogP contribution in [0.15, 0.2) is 48.5 Å². The summed E-state index contributed by atoms with van der Waals surface area (Å²) in [5, 5.41) is 2.66. The molecule has 142 valence electrons. The predicted molar refractivity (Wildman–Crippen MR) is 93.3 cm³/mol. The van der Waals surface area contributed by atoms with Crippen LogP contribution in [0, 0.1) is 6.92 Å². The molecule has 2 aromatic rings. The summed E-state index contributed by atoms with van der Waals surface area (Å²) in [5.41, 5.74) is 2.08. The summed E-state index contributed by atoms with van der Waals surface area (Å²) < 4.78 is 44.7. The highest BCUT2D eigenvalue weighted by Gasteiger charge is 2.30. The minimum absolute atomic E-state index is 0.342. The van der Waals surface area contributed by atoms with Crippen molar-refractivity contribution in [3.63, 3.8) is 0 Å². The molecule has 27 heavy (non-hydrogen) atoms. The average molecular weight is 379 g/mol. The number of hydrogen-bond acceptors (Lipinski definition) is 4. The van der Waals surface area contributed by atoms with E-state index in [9.17, 15) is 22.8 Å². The molecular weight excluding hydrogens is 363 g/mol. The van der Waals surface area contributed by atoms with Crippen LogP contribution in [-0.4, -0.2) is 25.3 Å². The van der Waals surface area contributed by atoms with Gasteiger partial charge in [-0.25, -0.2) is 4.79 Å². The van der Waals surface area contributed by atoms with Gasteiger partial charge in [0.15, 0.2) is 0 Å². The molecule has 0 fully saturated rings. The molecule has 0 aliphatic rings. The second-order valence-corrected chi connectivity index (χ2v) is 5.46. The van der Waals surface area contributed by atoms with E-state index < -0.39 is 18.2 Å². The summed E-state index contributed by atoms with van der Waals surface area (Å²) in [7, 11) is 1.28. The first-order valence-corrected chi connectivity index (χ1v) is 7.72. The van der Waals surface area contributed by atoms with Crippen molar-refractivity contribution in [3.05, 3.63) is 65.2 Å². The van der Waals surface area contributed by atoms with Gasteiger partial charge in [0.25, 0.3) is 0 Å². The number of amides is 1. The fraction of sp³-hybridized carbons (Fsp3) is 0.158. The number of ether oxygens (including phenoxy) is 2. The fourth-order valence-corrected chi connectivity index (χ4v) is 2.18. The van der Waals surface area contributed by atoms with Gasteiger partial charge in [0, 0.05) is 11.8 Å². The van der Waals surface area contributed by atoms with Crippen LogP contribution in [0.2, 0.25) is 0 Å². The Kier molecular flexibility index (Phi) is 6.23. The van der Waals surface area contributed by atoms with Crippen LogP contribution in [0.1, 0.15) is 21.5 Å². The molecule has 2 rings (SSSR count). The van der Waals surface area contributed by atoms with Crippen LogP contribution in [0.4, 0.5) is 18.9 Å². The standard InChI is InChI=1S/C19H16F3NO4/c1-12-11-14(18(25)26-2)6-9-16(12)23-17(24)10-5-13-3-7-15(8-4-13)27-19(20,21)22/h3-11H,1-2H3,(H,23,24). The van der Waals surface area contributed by atoms with E-state index in [2.05, 4.69) is 14.8 Å². The number of esters is 1. The summed E-state index contributed by atoms with van der Waals surface area (Å²) in [4.78, 5) is 23.5. The van der Waals surface area contributed by atoms with Crippen molar-refractivity contribution >= 4 is 23.6 Å². The van der Waals surface area contributed by atoms with Crippen LogP contribution in [0.5, 0.6) is 5.75 Å². The molecule has 1 N–H and O–H groups in total. The molecule has 0 heterocycles. The van der Waals surface area contributed by atoms with E-state index in [0.29, 0.717) is 22.4 Å². The molecule has 0 radical (unpaired) electrons. The number of alkyl halides is 3. The highest BCUT2D eigenvalue weighted by molar-refractivity contribution is 6.02. The second kappa shape index (κ2) is 8.39. The Hall–Kier alpha value is -3.29. The minimum Gasteiger partial charge on any atom is -0.465 e. The third-order valence-corrected chi connectivity index (χ3v) is 3.45. The average Bonchev–Trinajstić information content (AvgIpc) is 2.61. The smallest absolute Gasteiger partial charge is 0.465 e. The van der Waals surface area contributed by atoms with E-state index in [1.54, 1.807) is 19.1 Å². The van der Waals surface area contributed by atoms with E-state index in [1.165, 1.54) is 37.5 Å². The first kappa shape index (κ1) is 20.0. The summed E-state index contributed by atoms with van der Waals surface area (Å²) >= 11 is 0. The topological polar surface area (TPSA) is 64.6 Å². The zero-order valence-electron chi connectivity index (χ0n) is 14.5. The van der Waals surface area contributed by atoms with Crippen molar-refractivity contribution in [1.82, 2.24) is 0 Å². The van der Waals surface area contributed by atoms with Gasteiger partial charge in [0.05, 0.1) is 12.7 Å². The molecule has 0 saturated heterocycles. The van der Waals surface area contributed by atoms with Crippen molar-refractivity contribution in [3.8, 4) is 5.75 Å². The lowest BCUT2D eigenvalue weighted by molar-refractivity contribution is -0.274. The lowest BCUT2D eigenvalue weighted by atomic mass is 10.1. The van der Waals surface area contributed by atoms with Crippen LogP contribution >= 0.6 is 0 Å². The largest absolute Gasteiger partial charge is 0.573 e. The fourth-order valence-electron chi connectivity index (χ4n) is 2.18. The lowest BCUT2D eigenvalue weighted by Crippen LogP contribution is -2.16. The van der Waals surface area contributed by atoms with Crippen molar-refractivity contribution in [2.24, 2.45) is 0 Å². The Morgan fingerprint density at radius 1 is 1.07 bits per heavy atom. The number of carbonyl (C=O) groups is 2. The van der Waals surface area contributed by atoms with Gasteiger partial charge < -0.3 is 14.8 Å². The molecule has 0 unspecified atom stereocenters. The Morgan fingerprint density at radius 3 is 2.30 bits per heavy atom. The van der Waals surface area contributed by atoms with Crippen LogP contribution < -0.4 is 10.1 Å². The van der Waals surface area contributed by atoms with Gasteiger partial charge in [-0.05, 0) is 54.5 Å². The van der Waals surface area contributed by atoms with Crippen molar-refractivity contribution in [1.29, 1.82) is 0 Å². The van der Waals surface area contributed by atoms with Gasteiger partial charge >= 0.3 is 12.3 Å². The SMILES string of the molecule is COC(=O)c1ccc(NC(=O)C=Cc2ccc(OC(F)(F)F)cc2)c(C)c1. The molecule has 0 saturated carbocycles. The van der Waals surface area contributed by atoms with Crippen molar-refractivity contribution in [2.75, 3.05) is 12.4 Å². The monoisotopic (exact) mass is 379 g/mol. The third kappa shape index (κ3) is 6.18. The second-order valence-electron chi connectivity index (χ2n) is 5.46. The molecule has 0 spiro atoms. The Morgan fingerprint density at radius 2 is 1.74 bits per heavy atom. The third-order valence-electron chi connectivity index (χ3n) is 3.45. The number of aryl methyl sites for hydroxylation is 1. The zero-order valence-corrected chi connectivity index (χ0v) is 14.5. The van der Waals surface area contributed by atoms with Gasteiger partial charge in [-0.1, -0.05) is 12.1 Å². The first-order valence-electron chi connectivity index (χ1n) is 7.72. The van der Waals surface area contributed by atoms with E-state index in [-0.39, 0.29) is 5.75 Å². The van der Waals surface area contributed by atoms with Crippen LogP contribution in [-0.2, 0) is 9.53 Å². The van der Waals surface area contributed by atoms with E-state index >= 15 is 0 Å². The van der Waals surface area contributed by atoms with Crippen LogP contribution in [0.25, 0.3) is 6.08 Å². The van der Waals surface area contributed by atoms with E-state index in [4.69, 9.17) is 0 Å². The van der Waals surface area contributed by atoms with E-state index in [0.717, 1.165) is 12.1 Å². The molecule has 0 bridgehead atoms. The maximum atomic E-state index is 12.1. The van der Waals surface area contributed by atoms with Crippen molar-refractivity contribution < 1.29 is 32.2 Å². The van der Waals surface area contributed by atoms with Gasteiger partial charge in [-0.2, -0.15) is 0 Å². The molecule has 2 aromatic carbocycles. The number of benzene rings is 2. The molecular formula is C19H16F3NO4. The summed E-state index contributed by atoms with van der Waals surface area (Å²) in [6, 6.07) is 9.78. The normalized spacial score (nSPS) is 11.3. The minimum atomic E-state index is -4.75. The lowest BCUT2D eigenvalue weighted by Gasteiger charge is -2.09. The highest BCUT2D eigenvalue weighted by Crippen LogP contribution is 2.23. The Bertz CT molecular complexity index is 858. The Balaban J connectivity index is 2.00. The van der Waals surface area contributed by atoms with Crippen molar-refractivity contribution in [2.45, 2.75) is 13.3 Å². The zero-order chi connectivity index (χ0) is 20.0. The maximum Gasteiger partial charge on any atom is 0.573 e. The first-order chi connectivity index (χ1) is 12.7. The molecule has 0 aromatic heterocycles. The number of halogens is 3. The van der Waals surface area contributed by atoms with Gasteiger partial charge in [-0.15, -0.1) is 13.2 Å². The molecule has 5 nitrogen and oxygen atoms in total. The number of hydrogen-bond donors (Lipinski definition) is 1. The molecule has 0 aliphatic carbocycles. The molecule has 0 aliphatic heterocycles. The van der Waals surface area contributed by atoms with Gasteiger partial charge in [-0.3, -0.25) is 4.79 Å². The van der Waals surface area contributed by atoms with Gasteiger partial charge in [0.2, 0.25) is 5.91 Å². The van der Waals surface area contributed by atoms with E-state index in [1.807, 2.05) is 0 Å². The number of anilines is 1. The molecule has 8 heteroatoms. The maximum absolute atomic E-state index is 12.1. The van der Waals surface area contributed by atoms with Gasteiger partial charge in [0.1, 0.15) is 5.75 Å². The highest BCUT2D eigenvalue weighted by atomic mass is 19.4. The predicted octanol–water partition coefficient (Wildman–Crippen LogP) is 4.33. The Labute approximate surface area is 153 Å². The number of rotatable bonds is 5. The summed E-state index contributed by atoms with van der Waals surface area (Å²) in [5.74, 6) is -1.25. The number of methoxy groups -OCH3 is 1. The molecule has 0 atom stereocenters. The number of carbonyl (C=O) groups excluding carboxylic acids is 2. The number of nitrogens with one attached hydrogen (secondary N) is 1. The molecule has 1 amide bonds. The summed E-state index contributed by atoms with van der Waals surface area (Å²) in [6.45, 7) is 1.73. The quantitative estimate of drug-likeness (QED) is 0.620. The summed E-state index contributed by atoms with van der Waals surface area (Å²) in [6.07, 6.45) is -2.06. The van der Waals surface area contributed by atoms with Crippen LogP contribution in [0.3, 0.4) is 0 Å².